The molecule has 2 aromatic rings. The normalized spacial score (nSPS) is 11.3. The van der Waals surface area contributed by atoms with Crippen LogP contribution in [0.25, 0.3) is 0 Å². The summed E-state index contributed by atoms with van der Waals surface area (Å²) in [5.41, 5.74) is 6.47. The topological polar surface area (TPSA) is 63.4 Å². The fourth-order valence-corrected chi connectivity index (χ4v) is 3.33. The Bertz CT molecular complexity index is 733. The molecule has 20 heavy (non-hydrogen) atoms. The van der Waals surface area contributed by atoms with Crippen LogP contribution < -0.4 is 10.0 Å². The van der Waals surface area contributed by atoms with Crippen LogP contribution in [-0.4, -0.2) is 15.5 Å². The van der Waals surface area contributed by atoms with Gasteiger partial charge in [-0.2, -0.15) is 0 Å². The first kappa shape index (κ1) is 14.6. The number of halogens is 2. The monoisotopic (exact) mass is 314 g/mol. The lowest BCUT2D eigenvalue weighted by Gasteiger charge is -2.20. The molecule has 0 aliphatic carbocycles. The van der Waals surface area contributed by atoms with Crippen molar-refractivity contribution in [2.24, 2.45) is 0 Å². The van der Waals surface area contributed by atoms with Gasteiger partial charge in [-0.1, -0.05) is 11.6 Å². The highest BCUT2D eigenvalue weighted by Crippen LogP contribution is 2.28. The van der Waals surface area contributed by atoms with Gasteiger partial charge in [0.1, 0.15) is 10.7 Å². The highest BCUT2D eigenvalue weighted by molar-refractivity contribution is 7.93. The first-order valence-electron chi connectivity index (χ1n) is 5.62. The zero-order chi connectivity index (χ0) is 14.9. The van der Waals surface area contributed by atoms with Crippen molar-refractivity contribution in [1.82, 2.24) is 0 Å². The minimum Gasteiger partial charge on any atom is -0.399 e. The van der Waals surface area contributed by atoms with Crippen molar-refractivity contribution in [1.29, 1.82) is 0 Å². The second kappa shape index (κ2) is 5.30. The van der Waals surface area contributed by atoms with Crippen LogP contribution in [0.5, 0.6) is 0 Å². The third kappa shape index (κ3) is 2.71. The maximum Gasteiger partial charge on any atom is 0.265 e. The molecular weight excluding hydrogens is 303 g/mol. The largest absolute Gasteiger partial charge is 0.399 e. The Kier molecular flexibility index (Phi) is 3.87. The third-order valence-electron chi connectivity index (χ3n) is 2.79. The molecule has 4 nitrogen and oxygen atoms in total. The van der Waals surface area contributed by atoms with Gasteiger partial charge in [0.05, 0.1) is 10.7 Å². The SMILES string of the molecule is CN(c1ccc(N)cc1)S(=O)(=O)c1cc(F)ccc1Cl. The number of benzene rings is 2. The molecule has 0 bridgehead atoms. The molecule has 2 N–H and O–H groups in total. The molecular formula is C13H12ClFN2O2S. The van der Waals surface area contributed by atoms with E-state index in [-0.39, 0.29) is 9.92 Å². The second-order valence-electron chi connectivity index (χ2n) is 4.14. The summed E-state index contributed by atoms with van der Waals surface area (Å²) in [5.74, 6) is -0.668. The van der Waals surface area contributed by atoms with Gasteiger partial charge in [0.25, 0.3) is 10.0 Å². The van der Waals surface area contributed by atoms with Gasteiger partial charge in [-0.3, -0.25) is 4.31 Å². The Hall–Kier alpha value is -1.79. The van der Waals surface area contributed by atoms with Crippen LogP contribution in [0.3, 0.4) is 0 Å². The van der Waals surface area contributed by atoms with Crippen molar-refractivity contribution in [3.05, 3.63) is 53.3 Å². The lowest BCUT2D eigenvalue weighted by molar-refractivity contribution is 0.589. The smallest absolute Gasteiger partial charge is 0.265 e. The number of nitrogens with zero attached hydrogens (tertiary/aromatic N) is 1. The summed E-state index contributed by atoms with van der Waals surface area (Å²) in [4.78, 5) is -0.279. The molecule has 0 saturated heterocycles. The number of rotatable bonds is 3. The van der Waals surface area contributed by atoms with Crippen molar-refractivity contribution in [3.63, 3.8) is 0 Å². The molecule has 0 saturated carbocycles. The van der Waals surface area contributed by atoms with Gasteiger partial charge in [-0.25, -0.2) is 12.8 Å². The number of hydrogen-bond donors (Lipinski definition) is 1. The van der Waals surface area contributed by atoms with Crippen LogP contribution in [0, 0.1) is 5.82 Å². The van der Waals surface area contributed by atoms with Gasteiger partial charge in [0.15, 0.2) is 0 Å². The number of anilines is 2. The van der Waals surface area contributed by atoms with Crippen LogP contribution in [0.15, 0.2) is 47.4 Å². The Labute approximate surface area is 121 Å². The summed E-state index contributed by atoms with van der Waals surface area (Å²) >= 11 is 5.84. The third-order valence-corrected chi connectivity index (χ3v) is 5.06. The van der Waals surface area contributed by atoms with Crippen molar-refractivity contribution < 1.29 is 12.8 Å². The molecule has 0 aromatic heterocycles. The predicted molar refractivity (Wildman–Crippen MR) is 77.9 cm³/mol. The Morgan fingerprint density at radius 2 is 1.75 bits per heavy atom. The lowest BCUT2D eigenvalue weighted by Crippen LogP contribution is -2.26. The van der Waals surface area contributed by atoms with Crippen LogP contribution >= 0.6 is 11.6 Å². The van der Waals surface area contributed by atoms with E-state index in [2.05, 4.69) is 0 Å². The molecule has 0 unspecified atom stereocenters. The van der Waals surface area contributed by atoms with E-state index in [0.717, 1.165) is 16.4 Å². The van der Waals surface area contributed by atoms with E-state index >= 15 is 0 Å². The molecule has 106 valence electrons. The molecule has 0 aliphatic rings. The van der Waals surface area contributed by atoms with Gasteiger partial charge in [-0.15, -0.1) is 0 Å². The minimum absolute atomic E-state index is 0.0336. The number of sulfonamides is 1. The summed E-state index contributed by atoms with van der Waals surface area (Å²) in [6.45, 7) is 0. The van der Waals surface area contributed by atoms with Crippen LogP contribution in [0.2, 0.25) is 5.02 Å². The summed E-state index contributed by atoms with van der Waals surface area (Å²) in [7, 11) is -2.57. The molecule has 0 amide bonds. The molecule has 0 radical (unpaired) electrons. The van der Waals surface area contributed by atoms with Crippen LogP contribution in [0.1, 0.15) is 0 Å². The van der Waals surface area contributed by atoms with E-state index in [4.69, 9.17) is 17.3 Å². The first-order chi connectivity index (χ1) is 9.32. The van der Waals surface area contributed by atoms with Gasteiger partial charge < -0.3 is 5.73 Å². The fourth-order valence-electron chi connectivity index (χ4n) is 1.65. The van der Waals surface area contributed by atoms with Crippen molar-refractivity contribution in [2.75, 3.05) is 17.1 Å². The fraction of sp³-hybridized carbons (Fsp3) is 0.0769. The maximum atomic E-state index is 13.2. The molecule has 0 atom stereocenters. The number of nitrogen functional groups attached to an aromatic ring is 1. The molecule has 0 spiro atoms. The number of hydrogen-bond acceptors (Lipinski definition) is 3. The maximum absolute atomic E-state index is 13.2. The van der Waals surface area contributed by atoms with Gasteiger partial charge in [-0.05, 0) is 42.5 Å². The van der Waals surface area contributed by atoms with Crippen molar-refractivity contribution in [2.45, 2.75) is 4.90 Å². The van der Waals surface area contributed by atoms with Crippen molar-refractivity contribution in [3.8, 4) is 0 Å². The molecule has 2 aromatic carbocycles. The van der Waals surface area contributed by atoms with Crippen LogP contribution in [-0.2, 0) is 10.0 Å². The minimum atomic E-state index is -3.94. The molecule has 7 heteroatoms. The van der Waals surface area contributed by atoms with Gasteiger partial charge >= 0.3 is 0 Å². The zero-order valence-corrected chi connectivity index (χ0v) is 12.1. The summed E-state index contributed by atoms with van der Waals surface area (Å²) in [5, 5.41) is -0.0336. The van der Waals surface area contributed by atoms with Gasteiger partial charge in [0, 0.05) is 12.7 Å². The van der Waals surface area contributed by atoms with Crippen LogP contribution in [0.4, 0.5) is 15.8 Å². The standard InChI is InChI=1S/C13H12ClFN2O2S/c1-17(11-5-3-10(16)4-6-11)20(18,19)13-8-9(15)2-7-12(13)14/h2-8H,16H2,1H3. The summed E-state index contributed by atoms with van der Waals surface area (Å²) in [6, 6.07) is 9.47. The summed E-state index contributed by atoms with van der Waals surface area (Å²) < 4.78 is 39.1. The average molecular weight is 315 g/mol. The van der Waals surface area contributed by atoms with E-state index in [1.54, 1.807) is 24.3 Å². The Morgan fingerprint density at radius 1 is 1.15 bits per heavy atom. The summed E-state index contributed by atoms with van der Waals surface area (Å²) in [6.07, 6.45) is 0. The van der Waals surface area contributed by atoms with E-state index in [0.29, 0.717) is 11.4 Å². The molecule has 0 heterocycles. The Morgan fingerprint density at radius 3 is 2.35 bits per heavy atom. The average Bonchev–Trinajstić information content (AvgIpc) is 2.41. The zero-order valence-electron chi connectivity index (χ0n) is 10.5. The quantitative estimate of drug-likeness (QED) is 0.886. The lowest BCUT2D eigenvalue weighted by atomic mass is 10.3. The van der Waals surface area contributed by atoms with E-state index in [1.165, 1.54) is 13.1 Å². The Balaban J connectivity index is 2.49. The van der Waals surface area contributed by atoms with Gasteiger partial charge in [0.2, 0.25) is 0 Å². The highest BCUT2D eigenvalue weighted by Gasteiger charge is 2.24. The number of nitrogens with two attached hydrogens (primary N) is 1. The predicted octanol–water partition coefficient (Wildman–Crippen LogP) is 2.89. The van der Waals surface area contributed by atoms with E-state index in [1.807, 2.05) is 0 Å². The van der Waals surface area contributed by atoms with E-state index < -0.39 is 15.8 Å². The van der Waals surface area contributed by atoms with Crippen molar-refractivity contribution >= 4 is 33.0 Å². The first-order valence-corrected chi connectivity index (χ1v) is 7.43. The second-order valence-corrected chi connectivity index (χ2v) is 6.48. The van der Waals surface area contributed by atoms with E-state index in [9.17, 15) is 12.8 Å². The molecule has 0 aliphatic heterocycles. The molecule has 0 fully saturated rings. The highest BCUT2D eigenvalue weighted by atomic mass is 35.5. The molecule has 2 rings (SSSR count).